The molecular weight excluding hydrogens is 94.0 g/mol. The topological polar surface area (TPSA) is 49.7 Å². The summed E-state index contributed by atoms with van der Waals surface area (Å²) in [6.07, 6.45) is 2.18. The number of hydrogen-bond acceptors (Lipinski definition) is 3. The van der Waals surface area contributed by atoms with Gasteiger partial charge >= 0.3 is 0 Å². The smallest absolute Gasteiger partial charge is 0.184 e. The van der Waals surface area contributed by atoms with Crippen LogP contribution in [-0.2, 0) is 0 Å². The van der Waals surface area contributed by atoms with E-state index in [2.05, 4.69) is 5.18 Å². The van der Waals surface area contributed by atoms with Crippen molar-refractivity contribution in [3.8, 4) is 0 Å². The molecule has 0 bridgehead atoms. The van der Waals surface area contributed by atoms with Crippen molar-refractivity contribution in [1.29, 1.82) is 0 Å². The predicted molar refractivity (Wildman–Crippen MR) is 26.7 cm³/mol. The number of unbranched alkanes of at least 4 members (excludes halogenated alkanes) is 1. The maximum Gasteiger partial charge on any atom is 0.184 e. The first-order valence-corrected chi connectivity index (χ1v) is 2.13. The zero-order valence-electron chi connectivity index (χ0n) is 4.00. The van der Waals surface area contributed by atoms with Gasteiger partial charge in [-0.2, -0.15) is 4.91 Å². The van der Waals surface area contributed by atoms with Crippen LogP contribution in [0.2, 0.25) is 0 Å². The monoisotopic (exact) mass is 102 g/mol. The van der Waals surface area contributed by atoms with Crippen molar-refractivity contribution in [2.45, 2.75) is 6.42 Å². The third-order valence-corrected chi connectivity index (χ3v) is 0.554. The molecular formula is C4H8NO2+. The average Bonchev–Trinajstić information content (AvgIpc) is 1.69. The standard InChI is InChI=1S/C4H8NO2/c6-4-2-1-3-5-7/h2,6H,1,3-4H2/q+1. The molecule has 0 spiro atoms. The van der Waals surface area contributed by atoms with Gasteiger partial charge < -0.3 is 5.11 Å². The third kappa shape index (κ3) is 5.43. The molecule has 0 fully saturated rings. The summed E-state index contributed by atoms with van der Waals surface area (Å²) in [6.45, 7) is 0.316. The molecule has 0 radical (unpaired) electrons. The van der Waals surface area contributed by atoms with Crippen LogP contribution in [0.4, 0.5) is 0 Å². The van der Waals surface area contributed by atoms with Gasteiger partial charge in [-0.25, -0.2) is 0 Å². The van der Waals surface area contributed by atoms with E-state index in [0.717, 1.165) is 0 Å². The fourth-order valence-corrected chi connectivity index (χ4v) is 0.235. The Morgan fingerprint density at radius 3 is 2.86 bits per heavy atom. The first-order chi connectivity index (χ1) is 3.41. The van der Waals surface area contributed by atoms with Gasteiger partial charge in [0, 0.05) is 0 Å². The van der Waals surface area contributed by atoms with E-state index in [4.69, 9.17) is 5.11 Å². The van der Waals surface area contributed by atoms with Crippen molar-refractivity contribution in [2.24, 2.45) is 5.18 Å². The van der Waals surface area contributed by atoms with Gasteiger partial charge in [0.05, 0.1) is 0 Å². The second kappa shape index (κ2) is 5.43. The van der Waals surface area contributed by atoms with Gasteiger partial charge in [-0.3, -0.25) is 0 Å². The van der Waals surface area contributed by atoms with Crippen molar-refractivity contribution < 1.29 is 5.11 Å². The summed E-state index contributed by atoms with van der Waals surface area (Å²) < 4.78 is 0. The number of rotatable bonds is 4. The van der Waals surface area contributed by atoms with E-state index in [-0.39, 0.29) is 13.2 Å². The highest BCUT2D eigenvalue weighted by Gasteiger charge is 1.91. The largest absolute Gasteiger partial charge is 0.356 e. The van der Waals surface area contributed by atoms with E-state index in [1.807, 2.05) is 0 Å². The molecule has 0 saturated heterocycles. The molecule has 0 unspecified atom stereocenters. The molecule has 0 rings (SSSR count). The number of aliphatic hydroxyl groups excluding tert-OH is 1. The Kier molecular flexibility index (Phi) is 4.99. The molecule has 7 heavy (non-hydrogen) atoms. The van der Waals surface area contributed by atoms with Crippen LogP contribution in [0.25, 0.3) is 0 Å². The first kappa shape index (κ1) is 6.43. The lowest BCUT2D eigenvalue weighted by Crippen LogP contribution is -1.85. The number of hydrogen-bond donors (Lipinski definition) is 1. The van der Waals surface area contributed by atoms with Crippen LogP contribution in [0.1, 0.15) is 6.42 Å². The highest BCUT2D eigenvalue weighted by atomic mass is 16.3. The Bertz CT molecular complexity index is 47.0. The highest BCUT2D eigenvalue weighted by molar-refractivity contribution is 4.62. The molecule has 3 nitrogen and oxygen atoms in total. The van der Waals surface area contributed by atoms with Gasteiger partial charge in [0.25, 0.3) is 0 Å². The summed E-state index contributed by atoms with van der Waals surface area (Å²) in [5.41, 5.74) is 0. The number of nitroso groups, excluding NO2 is 1. The van der Waals surface area contributed by atoms with E-state index in [1.54, 1.807) is 6.42 Å². The summed E-state index contributed by atoms with van der Waals surface area (Å²) in [7, 11) is 0. The Morgan fingerprint density at radius 2 is 2.43 bits per heavy atom. The van der Waals surface area contributed by atoms with Crippen molar-refractivity contribution in [3.05, 3.63) is 11.3 Å². The van der Waals surface area contributed by atoms with Crippen LogP contribution < -0.4 is 0 Å². The molecule has 1 N–H and O–H groups in total. The summed E-state index contributed by atoms with van der Waals surface area (Å²) >= 11 is 0. The van der Waals surface area contributed by atoms with Crippen LogP contribution in [0.3, 0.4) is 0 Å². The summed E-state index contributed by atoms with van der Waals surface area (Å²) in [5, 5.41) is 10.7. The molecule has 0 saturated carbocycles. The number of aliphatic hydroxyl groups is 1. The molecule has 0 aliphatic rings. The molecule has 0 aromatic heterocycles. The second-order valence-electron chi connectivity index (χ2n) is 1.11. The van der Waals surface area contributed by atoms with Crippen molar-refractivity contribution >= 4 is 0 Å². The number of nitrogens with zero attached hydrogens (tertiary/aromatic N) is 1. The van der Waals surface area contributed by atoms with Gasteiger partial charge in [0.1, 0.15) is 19.4 Å². The van der Waals surface area contributed by atoms with Gasteiger partial charge in [-0.15, -0.1) is 0 Å². The Hall–Kier alpha value is -0.570. The van der Waals surface area contributed by atoms with E-state index in [0.29, 0.717) is 6.42 Å². The van der Waals surface area contributed by atoms with Gasteiger partial charge in [-0.1, -0.05) is 5.18 Å². The Morgan fingerprint density at radius 1 is 1.71 bits per heavy atom. The Balaban J connectivity index is 2.56. The lowest BCUT2D eigenvalue weighted by Gasteiger charge is -1.74. The lowest BCUT2D eigenvalue weighted by molar-refractivity contribution is 0.324. The fraction of sp³-hybridized carbons (Fsp3) is 0.750. The lowest BCUT2D eigenvalue weighted by atomic mass is 10.3. The molecule has 0 amide bonds. The predicted octanol–water partition coefficient (Wildman–Crippen LogP) is 0.339. The van der Waals surface area contributed by atoms with Crippen molar-refractivity contribution in [2.75, 3.05) is 13.2 Å². The van der Waals surface area contributed by atoms with Crippen LogP contribution in [-0.4, -0.2) is 18.3 Å². The third-order valence-electron chi connectivity index (χ3n) is 0.554. The average molecular weight is 102 g/mol. The minimum atomic E-state index is 0.0372. The maximum atomic E-state index is 9.33. The van der Waals surface area contributed by atoms with Crippen molar-refractivity contribution in [1.82, 2.24) is 0 Å². The van der Waals surface area contributed by atoms with Gasteiger partial charge in [-0.05, 0) is 0 Å². The fourth-order valence-electron chi connectivity index (χ4n) is 0.235. The summed E-state index contributed by atoms with van der Waals surface area (Å²) in [4.78, 5) is 9.33. The Labute approximate surface area is 42.3 Å². The minimum Gasteiger partial charge on any atom is -0.356 e. The normalized spacial score (nSPS) is 8.14. The molecule has 0 aliphatic heterocycles. The van der Waals surface area contributed by atoms with Crippen LogP contribution >= 0.6 is 0 Å². The summed E-state index contributed by atoms with van der Waals surface area (Å²) in [6, 6.07) is 0. The SMILES string of the molecule is O=NCC[CH+]CO. The van der Waals surface area contributed by atoms with E-state index in [1.165, 1.54) is 0 Å². The highest BCUT2D eigenvalue weighted by Crippen LogP contribution is 1.83. The molecule has 0 aliphatic carbocycles. The second-order valence-corrected chi connectivity index (χ2v) is 1.11. The molecule has 0 atom stereocenters. The van der Waals surface area contributed by atoms with Crippen LogP contribution in [0.5, 0.6) is 0 Å². The van der Waals surface area contributed by atoms with E-state index < -0.39 is 0 Å². The summed E-state index contributed by atoms with van der Waals surface area (Å²) in [5.74, 6) is 0. The van der Waals surface area contributed by atoms with Gasteiger partial charge in [0.2, 0.25) is 0 Å². The zero-order valence-corrected chi connectivity index (χ0v) is 4.00. The molecule has 0 aromatic carbocycles. The van der Waals surface area contributed by atoms with Crippen LogP contribution in [0.15, 0.2) is 5.18 Å². The molecule has 0 heterocycles. The van der Waals surface area contributed by atoms with Gasteiger partial charge in [0.15, 0.2) is 6.61 Å². The molecule has 3 heteroatoms. The maximum absolute atomic E-state index is 9.33. The first-order valence-electron chi connectivity index (χ1n) is 2.13. The quantitative estimate of drug-likeness (QED) is 0.316. The molecule has 0 aromatic rings. The zero-order chi connectivity index (χ0) is 5.54. The van der Waals surface area contributed by atoms with E-state index >= 15 is 0 Å². The molecule has 40 valence electrons. The van der Waals surface area contributed by atoms with E-state index in [9.17, 15) is 4.91 Å². The van der Waals surface area contributed by atoms with Crippen LogP contribution in [0, 0.1) is 11.3 Å². The minimum absolute atomic E-state index is 0.0372. The van der Waals surface area contributed by atoms with Crippen molar-refractivity contribution in [3.63, 3.8) is 0 Å².